The van der Waals surface area contributed by atoms with Crippen molar-refractivity contribution in [2.45, 2.75) is 12.7 Å². The van der Waals surface area contributed by atoms with Crippen molar-refractivity contribution >= 4 is 0 Å². The molecule has 5 nitrogen and oxygen atoms in total. The molecule has 0 aliphatic rings. The molecule has 0 bridgehead atoms. The lowest BCUT2D eigenvalue weighted by molar-refractivity contribution is -0.117. The van der Waals surface area contributed by atoms with Crippen LogP contribution in [0.1, 0.15) is 6.42 Å². The quantitative estimate of drug-likeness (QED) is 0.489. The third-order valence-electron chi connectivity index (χ3n) is 1.98. The van der Waals surface area contributed by atoms with Gasteiger partial charge in [0.25, 0.3) is 0 Å². The fourth-order valence-corrected chi connectivity index (χ4v) is 1.19. The van der Waals surface area contributed by atoms with Crippen molar-refractivity contribution in [2.24, 2.45) is 0 Å². The van der Waals surface area contributed by atoms with Gasteiger partial charge < -0.3 is 19.7 Å². The summed E-state index contributed by atoms with van der Waals surface area (Å²) in [5.41, 5.74) is 0. The van der Waals surface area contributed by atoms with Crippen molar-refractivity contribution in [1.29, 1.82) is 0 Å². The Bertz CT molecular complexity index is 119. The maximum Gasteiger partial charge on any atom is 0.169 e. The van der Waals surface area contributed by atoms with Crippen molar-refractivity contribution < 1.29 is 19.7 Å². The predicted octanol–water partition coefficient (Wildman–Crippen LogP) is -0.718. The first-order valence-electron chi connectivity index (χ1n) is 4.78. The monoisotopic (exact) mass is 207 g/mol. The lowest BCUT2D eigenvalue weighted by atomic mass is 10.3. The highest BCUT2D eigenvalue weighted by molar-refractivity contribution is 4.59. The smallest absolute Gasteiger partial charge is 0.169 e. The Morgan fingerprint density at radius 2 is 1.71 bits per heavy atom. The number of aliphatic hydroxyl groups excluding tert-OH is 2. The van der Waals surface area contributed by atoms with Crippen LogP contribution in [0.15, 0.2) is 0 Å². The highest BCUT2D eigenvalue weighted by Crippen LogP contribution is 1.98. The molecule has 0 aromatic carbocycles. The van der Waals surface area contributed by atoms with E-state index in [1.807, 2.05) is 4.90 Å². The molecule has 86 valence electrons. The number of hydrogen-bond donors (Lipinski definition) is 2. The van der Waals surface area contributed by atoms with Gasteiger partial charge in [-0.3, -0.25) is 4.90 Å². The first-order chi connectivity index (χ1) is 6.78. The molecule has 0 heterocycles. The van der Waals surface area contributed by atoms with Crippen molar-refractivity contribution in [2.75, 3.05) is 47.1 Å². The topological polar surface area (TPSA) is 62.2 Å². The summed E-state index contributed by atoms with van der Waals surface area (Å²) in [7, 11) is 3.16. The second-order valence-corrected chi connectivity index (χ2v) is 3.00. The van der Waals surface area contributed by atoms with Crippen LogP contribution in [0, 0.1) is 0 Å². The van der Waals surface area contributed by atoms with Gasteiger partial charge in [0.05, 0.1) is 6.61 Å². The summed E-state index contributed by atoms with van der Waals surface area (Å²) in [6.07, 6.45) is 0.417. The summed E-state index contributed by atoms with van der Waals surface area (Å²) >= 11 is 0. The molecule has 0 aliphatic carbocycles. The zero-order chi connectivity index (χ0) is 10.8. The van der Waals surface area contributed by atoms with Crippen molar-refractivity contribution in [3.8, 4) is 0 Å². The number of aliphatic hydroxyl groups is 2. The van der Waals surface area contributed by atoms with Crippen LogP contribution in [-0.2, 0) is 9.47 Å². The summed E-state index contributed by atoms with van der Waals surface area (Å²) < 4.78 is 10.1. The summed E-state index contributed by atoms with van der Waals surface area (Å²) in [5, 5.41) is 17.5. The molecular weight excluding hydrogens is 186 g/mol. The Morgan fingerprint density at radius 3 is 2.14 bits per heavy atom. The Morgan fingerprint density at radius 1 is 1.07 bits per heavy atom. The van der Waals surface area contributed by atoms with E-state index in [9.17, 15) is 0 Å². The average Bonchev–Trinajstić information content (AvgIpc) is 2.22. The van der Waals surface area contributed by atoms with Gasteiger partial charge in [0, 0.05) is 40.5 Å². The second-order valence-electron chi connectivity index (χ2n) is 3.00. The molecule has 14 heavy (non-hydrogen) atoms. The summed E-state index contributed by atoms with van der Waals surface area (Å²) in [6.45, 7) is 2.18. The Balaban J connectivity index is 3.80. The maximum absolute atomic E-state index is 8.81. The van der Waals surface area contributed by atoms with Gasteiger partial charge in [0.1, 0.15) is 0 Å². The standard InChI is InChI=1S/C9H21NO4/c1-13-9(14-2)8-10(5-7-12)4-3-6-11/h9,11-12H,3-8H2,1-2H3. The van der Waals surface area contributed by atoms with E-state index in [-0.39, 0.29) is 19.5 Å². The average molecular weight is 207 g/mol. The summed E-state index contributed by atoms with van der Waals surface area (Å²) in [5.74, 6) is 0. The summed E-state index contributed by atoms with van der Waals surface area (Å²) in [4.78, 5) is 1.99. The van der Waals surface area contributed by atoms with E-state index >= 15 is 0 Å². The maximum atomic E-state index is 8.81. The molecule has 0 fully saturated rings. The van der Waals surface area contributed by atoms with Gasteiger partial charge in [-0.15, -0.1) is 0 Å². The number of rotatable bonds is 9. The number of ether oxygens (including phenoxy) is 2. The van der Waals surface area contributed by atoms with Crippen LogP contribution in [0.2, 0.25) is 0 Å². The van der Waals surface area contributed by atoms with Crippen molar-refractivity contribution in [3.05, 3.63) is 0 Å². The van der Waals surface area contributed by atoms with E-state index in [2.05, 4.69) is 0 Å². The fourth-order valence-electron chi connectivity index (χ4n) is 1.19. The van der Waals surface area contributed by atoms with Crippen LogP contribution in [0.3, 0.4) is 0 Å². The molecule has 0 rings (SSSR count). The Kier molecular flexibility index (Phi) is 9.23. The minimum Gasteiger partial charge on any atom is -0.396 e. The van der Waals surface area contributed by atoms with E-state index in [0.717, 1.165) is 6.54 Å². The van der Waals surface area contributed by atoms with E-state index in [1.54, 1.807) is 14.2 Å². The number of methoxy groups -OCH3 is 2. The first kappa shape index (κ1) is 13.8. The zero-order valence-corrected chi connectivity index (χ0v) is 8.98. The molecule has 0 unspecified atom stereocenters. The first-order valence-corrected chi connectivity index (χ1v) is 4.78. The lowest BCUT2D eigenvalue weighted by Gasteiger charge is -2.24. The molecule has 0 aliphatic heterocycles. The van der Waals surface area contributed by atoms with E-state index in [1.165, 1.54) is 0 Å². The second kappa shape index (κ2) is 9.36. The molecule has 0 aromatic heterocycles. The van der Waals surface area contributed by atoms with Gasteiger partial charge >= 0.3 is 0 Å². The molecule has 0 spiro atoms. The van der Waals surface area contributed by atoms with Crippen LogP contribution in [0.4, 0.5) is 0 Å². The highest BCUT2D eigenvalue weighted by atomic mass is 16.7. The van der Waals surface area contributed by atoms with E-state index in [4.69, 9.17) is 19.7 Å². The molecule has 0 saturated carbocycles. The van der Waals surface area contributed by atoms with Gasteiger partial charge in [0.15, 0.2) is 6.29 Å². The number of nitrogens with zero attached hydrogens (tertiary/aromatic N) is 1. The van der Waals surface area contributed by atoms with Crippen molar-refractivity contribution in [3.63, 3.8) is 0 Å². The third kappa shape index (κ3) is 6.28. The van der Waals surface area contributed by atoms with Crippen LogP contribution < -0.4 is 0 Å². The van der Waals surface area contributed by atoms with Crippen LogP contribution in [-0.4, -0.2) is 68.5 Å². The van der Waals surface area contributed by atoms with Gasteiger partial charge in [-0.1, -0.05) is 0 Å². The molecule has 0 atom stereocenters. The van der Waals surface area contributed by atoms with Gasteiger partial charge in [-0.05, 0) is 6.42 Å². The Labute approximate surface area is 85.2 Å². The Hall–Kier alpha value is -0.200. The molecule has 5 heteroatoms. The van der Waals surface area contributed by atoms with E-state index in [0.29, 0.717) is 19.5 Å². The van der Waals surface area contributed by atoms with Crippen molar-refractivity contribution in [1.82, 2.24) is 4.90 Å². The molecule has 0 saturated heterocycles. The minimum absolute atomic E-state index is 0.103. The zero-order valence-electron chi connectivity index (χ0n) is 8.98. The third-order valence-corrected chi connectivity index (χ3v) is 1.98. The molecule has 0 amide bonds. The number of hydrogen-bond acceptors (Lipinski definition) is 5. The SMILES string of the molecule is COC(CN(CCO)CCCO)OC. The van der Waals surface area contributed by atoms with Gasteiger partial charge in [0.2, 0.25) is 0 Å². The molecule has 0 aromatic rings. The largest absolute Gasteiger partial charge is 0.396 e. The van der Waals surface area contributed by atoms with Gasteiger partial charge in [-0.25, -0.2) is 0 Å². The fraction of sp³-hybridized carbons (Fsp3) is 1.00. The molecule has 2 N–H and O–H groups in total. The lowest BCUT2D eigenvalue weighted by Crippen LogP contribution is -2.37. The normalized spacial score (nSPS) is 11.6. The van der Waals surface area contributed by atoms with Crippen LogP contribution in [0.5, 0.6) is 0 Å². The van der Waals surface area contributed by atoms with Crippen LogP contribution in [0.25, 0.3) is 0 Å². The summed E-state index contributed by atoms with van der Waals surface area (Å²) in [6, 6.07) is 0. The molecular formula is C9H21NO4. The van der Waals surface area contributed by atoms with Gasteiger partial charge in [-0.2, -0.15) is 0 Å². The van der Waals surface area contributed by atoms with Crippen LogP contribution >= 0.6 is 0 Å². The minimum atomic E-state index is -0.278. The highest BCUT2D eigenvalue weighted by Gasteiger charge is 2.11. The predicted molar refractivity (Wildman–Crippen MR) is 53.0 cm³/mol. The molecule has 0 radical (unpaired) electrons. The van der Waals surface area contributed by atoms with E-state index < -0.39 is 0 Å².